The topological polar surface area (TPSA) is 209 Å². The number of thioether (sulfide) groups is 1. The number of carboxylic acids is 2. The molecule has 1 aromatic carbocycles. The molecule has 2 bridgehead atoms. The van der Waals surface area contributed by atoms with E-state index in [1.165, 1.54) is 11.8 Å². The fraction of sp³-hybridized carbons (Fsp3) is 0.593. The first-order chi connectivity index (χ1) is 19.4. The van der Waals surface area contributed by atoms with Crippen molar-refractivity contribution in [2.75, 3.05) is 25.9 Å². The minimum atomic E-state index is -1.25. The van der Waals surface area contributed by atoms with Gasteiger partial charge in [-0.15, -0.1) is 0 Å². The molecule has 7 N–H and O–H groups in total. The molecule has 41 heavy (non-hydrogen) atoms. The van der Waals surface area contributed by atoms with Crippen molar-refractivity contribution in [3.63, 3.8) is 0 Å². The summed E-state index contributed by atoms with van der Waals surface area (Å²) in [5.41, 5.74) is 6.85. The number of benzene rings is 1. The number of nitrogens with zero attached hydrogens (tertiary/aromatic N) is 1. The zero-order valence-electron chi connectivity index (χ0n) is 22.5. The first-order valence-corrected chi connectivity index (χ1v) is 14.6. The van der Waals surface area contributed by atoms with Gasteiger partial charge in [0.2, 0.25) is 11.8 Å². The molecular weight excluding hydrogens is 556 g/mol. The third-order valence-corrected chi connectivity index (χ3v) is 10.3. The Balaban J connectivity index is 1.38. The molecule has 13 nitrogen and oxygen atoms in total. The lowest BCUT2D eigenvalue weighted by atomic mass is 9.51. The van der Waals surface area contributed by atoms with Gasteiger partial charge in [0.25, 0.3) is 0 Å². The van der Waals surface area contributed by atoms with Crippen LogP contribution in [0.15, 0.2) is 12.1 Å². The highest BCUT2D eigenvalue weighted by Gasteiger charge is 2.68. The van der Waals surface area contributed by atoms with E-state index in [9.17, 15) is 29.1 Å². The summed E-state index contributed by atoms with van der Waals surface area (Å²) >= 11 is 1.38. The van der Waals surface area contributed by atoms with Crippen molar-refractivity contribution in [1.82, 2.24) is 15.5 Å². The predicted octanol–water partition coefficient (Wildman–Crippen LogP) is -0.780. The molecule has 2 aliphatic heterocycles. The molecule has 4 aliphatic rings. The average molecular weight is 591 g/mol. The van der Waals surface area contributed by atoms with Gasteiger partial charge in [-0.1, -0.05) is 6.07 Å². The highest BCUT2D eigenvalue weighted by molar-refractivity contribution is 8.00. The summed E-state index contributed by atoms with van der Waals surface area (Å²) in [6.07, 6.45) is 0.505. The van der Waals surface area contributed by atoms with Gasteiger partial charge in [0.05, 0.1) is 5.41 Å². The maximum absolute atomic E-state index is 13.6. The molecule has 14 heteroatoms. The minimum absolute atomic E-state index is 0.0150. The minimum Gasteiger partial charge on any atom is -0.504 e. The molecule has 1 spiro atoms. The first-order valence-electron chi connectivity index (χ1n) is 13.6. The number of piperidine rings is 1. The Kier molecular flexibility index (Phi) is 7.92. The van der Waals surface area contributed by atoms with E-state index in [2.05, 4.69) is 22.6 Å². The Hall–Kier alpha value is -3.36. The molecule has 222 valence electrons. The van der Waals surface area contributed by atoms with Gasteiger partial charge in [-0.25, -0.2) is 0 Å². The Bertz CT molecular complexity index is 1290. The summed E-state index contributed by atoms with van der Waals surface area (Å²) in [5.74, 6) is -3.43. The number of carboxylic acid groups (broad SMARTS) is 2. The molecule has 1 saturated carbocycles. The molecule has 7 atom stereocenters. The van der Waals surface area contributed by atoms with Gasteiger partial charge in [-0.05, 0) is 44.5 Å². The number of hydrogen-bond acceptors (Lipinski definition) is 10. The maximum Gasteiger partial charge on any atom is 0.322 e. The lowest BCUT2D eigenvalue weighted by molar-refractivity contribution is -0.139. The third kappa shape index (κ3) is 5.12. The average Bonchev–Trinajstić information content (AvgIpc) is 3.28. The molecule has 2 fully saturated rings. The standard InChI is InChI=1S/C27H34N4O9S/c1-31-7-6-27-21-12-2-4-16(32)23(21)40-24(27)17(33)9-18(22(27)15(31)8-12)41-11-14(25(37)29-10-20(35)36)30-19(34)5-3-13(28)26(38)39/h2,4,13-15,18,22,24,32H,3,5-11,28H2,1H3,(H,29,37)(H,30,34)(H,35,36)(H,38,39)/t13?,14?,15-,18+,22-,24+,27-/m1/s1. The summed E-state index contributed by atoms with van der Waals surface area (Å²) < 4.78 is 6.18. The molecule has 2 unspecified atom stereocenters. The van der Waals surface area contributed by atoms with Crippen LogP contribution in [0, 0.1) is 5.92 Å². The van der Waals surface area contributed by atoms with Crippen LogP contribution < -0.4 is 21.1 Å². The number of nitrogens with one attached hydrogen (secondary N) is 2. The second kappa shape index (κ2) is 11.1. The van der Waals surface area contributed by atoms with Crippen LogP contribution in [0.5, 0.6) is 11.5 Å². The van der Waals surface area contributed by atoms with E-state index in [-0.39, 0.29) is 53.8 Å². The van der Waals surface area contributed by atoms with Crippen LogP contribution in [0.2, 0.25) is 0 Å². The summed E-state index contributed by atoms with van der Waals surface area (Å²) in [4.78, 5) is 63.4. The van der Waals surface area contributed by atoms with Crippen LogP contribution >= 0.6 is 11.8 Å². The molecule has 0 aromatic heterocycles. The van der Waals surface area contributed by atoms with E-state index in [4.69, 9.17) is 20.7 Å². The molecule has 2 aliphatic carbocycles. The number of carbonyl (C=O) groups excluding carboxylic acids is 3. The summed E-state index contributed by atoms with van der Waals surface area (Å²) in [5, 5.41) is 33.3. The van der Waals surface area contributed by atoms with Crippen molar-refractivity contribution in [3.05, 3.63) is 23.3 Å². The molecule has 1 aromatic rings. The maximum atomic E-state index is 13.6. The summed E-state index contributed by atoms with van der Waals surface area (Å²) in [6, 6.07) is 1.25. The number of likely N-dealkylation sites (N-methyl/N-ethyl adjacent to an activating group) is 1. The Morgan fingerprint density at radius 2 is 2.00 bits per heavy atom. The fourth-order valence-electron chi connectivity index (χ4n) is 7.08. The smallest absolute Gasteiger partial charge is 0.322 e. The van der Waals surface area contributed by atoms with Crippen molar-refractivity contribution >= 4 is 41.3 Å². The van der Waals surface area contributed by atoms with Crippen LogP contribution in [-0.4, -0.2) is 105 Å². The number of aromatic hydroxyl groups is 1. The van der Waals surface area contributed by atoms with Gasteiger partial charge in [0.1, 0.15) is 18.6 Å². The zero-order valence-corrected chi connectivity index (χ0v) is 23.3. The Labute approximate surface area is 240 Å². The zero-order chi connectivity index (χ0) is 29.6. The number of phenols is 1. The van der Waals surface area contributed by atoms with Crippen LogP contribution in [-0.2, 0) is 35.8 Å². The van der Waals surface area contributed by atoms with Gasteiger partial charge < -0.3 is 41.3 Å². The number of Topliss-reactive ketones (excluding diaryl/α,β-unsaturated/α-hetero) is 1. The second-order valence-electron chi connectivity index (χ2n) is 11.3. The fourth-order valence-corrected chi connectivity index (χ4v) is 8.66. The van der Waals surface area contributed by atoms with Crippen LogP contribution in [0.3, 0.4) is 0 Å². The second-order valence-corrected chi connectivity index (χ2v) is 12.5. The first kappa shape index (κ1) is 29.1. The number of aliphatic carboxylic acids is 2. The largest absolute Gasteiger partial charge is 0.504 e. The molecule has 1 saturated heterocycles. The Morgan fingerprint density at radius 1 is 1.24 bits per heavy atom. The molecule has 2 heterocycles. The van der Waals surface area contributed by atoms with Gasteiger partial charge in [0, 0.05) is 41.4 Å². The number of likely N-dealkylation sites (tertiary alicyclic amines) is 1. The molecule has 2 amide bonds. The monoisotopic (exact) mass is 590 g/mol. The van der Waals surface area contributed by atoms with E-state index < -0.39 is 53.9 Å². The third-order valence-electron chi connectivity index (χ3n) is 8.91. The van der Waals surface area contributed by atoms with E-state index in [1.54, 1.807) is 6.07 Å². The van der Waals surface area contributed by atoms with Gasteiger partial charge in [0.15, 0.2) is 23.4 Å². The van der Waals surface area contributed by atoms with Crippen LogP contribution in [0.25, 0.3) is 0 Å². The molecular formula is C27H34N4O9S. The summed E-state index contributed by atoms with van der Waals surface area (Å²) in [6.45, 7) is 0.122. The lowest BCUT2D eigenvalue weighted by Gasteiger charge is -2.59. The van der Waals surface area contributed by atoms with Gasteiger partial charge in [-0.3, -0.25) is 24.0 Å². The predicted molar refractivity (Wildman–Crippen MR) is 146 cm³/mol. The number of phenolic OH excluding ortho intramolecular Hbond substituents is 1. The van der Waals surface area contributed by atoms with Crippen molar-refractivity contribution in [2.24, 2.45) is 11.7 Å². The van der Waals surface area contributed by atoms with Crippen molar-refractivity contribution < 1.29 is 44.0 Å². The number of ether oxygens (including phenoxy) is 1. The number of ketones is 1. The Morgan fingerprint density at radius 3 is 2.71 bits per heavy atom. The number of carbonyl (C=O) groups is 5. The highest BCUT2D eigenvalue weighted by Crippen LogP contribution is 2.64. The number of nitrogens with two attached hydrogens (primary N) is 1. The van der Waals surface area contributed by atoms with Crippen LogP contribution in [0.4, 0.5) is 0 Å². The normalized spacial score (nSPS) is 29.1. The van der Waals surface area contributed by atoms with Crippen molar-refractivity contribution in [2.45, 2.75) is 67.0 Å². The van der Waals surface area contributed by atoms with E-state index in [0.29, 0.717) is 12.2 Å². The van der Waals surface area contributed by atoms with Crippen LogP contribution in [0.1, 0.15) is 36.8 Å². The highest BCUT2D eigenvalue weighted by atomic mass is 32.2. The molecule has 0 radical (unpaired) electrons. The van der Waals surface area contributed by atoms with Gasteiger partial charge >= 0.3 is 11.9 Å². The van der Waals surface area contributed by atoms with E-state index in [1.807, 2.05) is 6.07 Å². The summed E-state index contributed by atoms with van der Waals surface area (Å²) in [7, 11) is 2.05. The quantitative estimate of drug-likeness (QED) is 0.188. The number of amides is 2. The number of rotatable bonds is 11. The SMILES string of the molecule is CN1CC[C@]23c4c5ccc(O)c4O[C@H]2C(=O)C[C@H](SCC(NC(=O)CCC(N)C(=O)O)C(=O)NCC(=O)O)[C@H]3[C@H]1C5. The van der Waals surface area contributed by atoms with Crippen molar-refractivity contribution in [1.29, 1.82) is 0 Å². The molecule has 5 rings (SSSR count). The van der Waals surface area contributed by atoms with Gasteiger partial charge in [-0.2, -0.15) is 11.8 Å². The number of hydrogen-bond donors (Lipinski definition) is 6. The van der Waals surface area contributed by atoms with Crippen molar-refractivity contribution in [3.8, 4) is 11.5 Å². The van der Waals surface area contributed by atoms with E-state index in [0.717, 1.165) is 24.1 Å². The van der Waals surface area contributed by atoms with E-state index >= 15 is 0 Å². The lowest BCUT2D eigenvalue weighted by Crippen LogP contribution is -2.68.